The SMILES string of the molecule is C[C@H]1CCCCN1S(=O)(=O)NCCC(=O)NCc1ccccc1. The van der Waals surface area contributed by atoms with E-state index in [1.807, 2.05) is 37.3 Å². The average molecular weight is 339 g/mol. The lowest BCUT2D eigenvalue weighted by atomic mass is 10.1. The van der Waals surface area contributed by atoms with Crippen LogP contribution in [0.2, 0.25) is 0 Å². The average Bonchev–Trinajstić information content (AvgIpc) is 2.54. The van der Waals surface area contributed by atoms with Crippen molar-refractivity contribution in [1.29, 1.82) is 0 Å². The number of rotatable bonds is 7. The van der Waals surface area contributed by atoms with Crippen LogP contribution in [0.25, 0.3) is 0 Å². The van der Waals surface area contributed by atoms with Gasteiger partial charge in [0.25, 0.3) is 10.2 Å². The van der Waals surface area contributed by atoms with Gasteiger partial charge >= 0.3 is 0 Å². The predicted octanol–water partition coefficient (Wildman–Crippen LogP) is 1.40. The molecule has 1 heterocycles. The molecule has 2 rings (SSSR count). The highest BCUT2D eigenvalue weighted by Gasteiger charge is 2.28. The summed E-state index contributed by atoms with van der Waals surface area (Å²) in [6.45, 7) is 3.05. The van der Waals surface area contributed by atoms with Crippen LogP contribution in [0, 0.1) is 0 Å². The van der Waals surface area contributed by atoms with E-state index in [4.69, 9.17) is 0 Å². The zero-order valence-electron chi connectivity index (χ0n) is 13.5. The third kappa shape index (κ3) is 5.60. The second kappa shape index (κ2) is 8.42. The zero-order chi connectivity index (χ0) is 16.7. The highest BCUT2D eigenvalue weighted by molar-refractivity contribution is 7.87. The monoisotopic (exact) mass is 339 g/mol. The van der Waals surface area contributed by atoms with Crippen molar-refractivity contribution >= 4 is 16.1 Å². The van der Waals surface area contributed by atoms with Gasteiger partial charge in [0.1, 0.15) is 0 Å². The van der Waals surface area contributed by atoms with Crippen LogP contribution in [-0.2, 0) is 21.5 Å². The van der Waals surface area contributed by atoms with Crippen molar-refractivity contribution < 1.29 is 13.2 Å². The fourth-order valence-electron chi connectivity index (χ4n) is 2.69. The minimum absolute atomic E-state index is 0.0214. The summed E-state index contributed by atoms with van der Waals surface area (Å²) < 4.78 is 28.5. The molecule has 0 saturated carbocycles. The first kappa shape index (κ1) is 17.9. The van der Waals surface area contributed by atoms with Crippen molar-refractivity contribution in [3.05, 3.63) is 35.9 Å². The number of carbonyl (C=O) groups is 1. The normalized spacial score (nSPS) is 19.4. The summed E-state index contributed by atoms with van der Waals surface area (Å²) in [6, 6.07) is 9.63. The van der Waals surface area contributed by atoms with Crippen molar-refractivity contribution in [2.75, 3.05) is 13.1 Å². The van der Waals surface area contributed by atoms with Crippen LogP contribution in [0.4, 0.5) is 0 Å². The molecular formula is C16H25N3O3S. The summed E-state index contributed by atoms with van der Waals surface area (Å²) >= 11 is 0. The van der Waals surface area contributed by atoms with Crippen molar-refractivity contribution in [2.45, 2.75) is 45.2 Å². The maximum Gasteiger partial charge on any atom is 0.279 e. The largest absolute Gasteiger partial charge is 0.352 e. The van der Waals surface area contributed by atoms with Crippen LogP contribution in [0.1, 0.15) is 38.2 Å². The van der Waals surface area contributed by atoms with Gasteiger partial charge in [-0.05, 0) is 25.3 Å². The molecule has 0 aromatic heterocycles. The molecule has 1 aliphatic rings. The second-order valence-corrected chi connectivity index (χ2v) is 7.58. The van der Waals surface area contributed by atoms with E-state index in [9.17, 15) is 13.2 Å². The van der Waals surface area contributed by atoms with Crippen LogP contribution < -0.4 is 10.0 Å². The van der Waals surface area contributed by atoms with E-state index in [1.54, 1.807) is 0 Å². The molecule has 1 aromatic carbocycles. The number of benzene rings is 1. The van der Waals surface area contributed by atoms with Crippen molar-refractivity contribution in [2.24, 2.45) is 0 Å². The molecular weight excluding hydrogens is 314 g/mol. The van der Waals surface area contributed by atoms with Crippen molar-refractivity contribution in [3.63, 3.8) is 0 Å². The summed E-state index contributed by atoms with van der Waals surface area (Å²) in [7, 11) is -3.49. The molecule has 0 bridgehead atoms. The Bertz CT molecular complexity index is 604. The lowest BCUT2D eigenvalue weighted by Gasteiger charge is -2.32. The van der Waals surface area contributed by atoms with E-state index >= 15 is 0 Å². The molecule has 2 N–H and O–H groups in total. The number of carbonyl (C=O) groups excluding carboxylic acids is 1. The maximum absolute atomic E-state index is 12.2. The first-order chi connectivity index (χ1) is 11.0. The molecule has 1 aliphatic heterocycles. The molecule has 0 spiro atoms. The Labute approximate surface area is 138 Å². The first-order valence-electron chi connectivity index (χ1n) is 8.06. The smallest absolute Gasteiger partial charge is 0.279 e. The Kier molecular flexibility index (Phi) is 6.56. The quantitative estimate of drug-likeness (QED) is 0.788. The molecule has 1 atom stereocenters. The summed E-state index contributed by atoms with van der Waals surface area (Å²) in [5, 5.41) is 2.79. The number of hydrogen-bond donors (Lipinski definition) is 2. The molecule has 0 unspecified atom stereocenters. The third-order valence-corrected chi connectivity index (χ3v) is 5.75. The van der Waals surface area contributed by atoms with Gasteiger partial charge in [-0.1, -0.05) is 36.8 Å². The topological polar surface area (TPSA) is 78.5 Å². The van der Waals surface area contributed by atoms with E-state index < -0.39 is 10.2 Å². The minimum atomic E-state index is -3.49. The fraction of sp³-hybridized carbons (Fsp3) is 0.562. The number of nitrogens with one attached hydrogen (secondary N) is 2. The van der Waals surface area contributed by atoms with Gasteiger partial charge in [0.15, 0.2) is 0 Å². The van der Waals surface area contributed by atoms with Crippen LogP contribution in [0.15, 0.2) is 30.3 Å². The fourth-order valence-corrected chi connectivity index (χ4v) is 4.16. The Hall–Kier alpha value is -1.44. The van der Waals surface area contributed by atoms with E-state index in [1.165, 1.54) is 4.31 Å². The molecule has 0 radical (unpaired) electrons. The number of amides is 1. The minimum Gasteiger partial charge on any atom is -0.352 e. The molecule has 7 heteroatoms. The van der Waals surface area contributed by atoms with Crippen LogP contribution in [0.3, 0.4) is 0 Å². The van der Waals surface area contributed by atoms with E-state index in [0.29, 0.717) is 13.1 Å². The van der Waals surface area contributed by atoms with Gasteiger partial charge in [-0.25, -0.2) is 4.72 Å². The number of hydrogen-bond acceptors (Lipinski definition) is 3. The van der Waals surface area contributed by atoms with Crippen molar-refractivity contribution in [1.82, 2.24) is 14.3 Å². The van der Waals surface area contributed by atoms with Gasteiger partial charge in [0, 0.05) is 32.1 Å². The standard InChI is InChI=1S/C16H25N3O3S/c1-14-7-5-6-12-19(14)23(21,22)18-11-10-16(20)17-13-15-8-3-2-4-9-15/h2-4,8-9,14,18H,5-7,10-13H2,1H3,(H,17,20)/t14-/m0/s1. The predicted molar refractivity (Wildman–Crippen MR) is 89.8 cm³/mol. The zero-order valence-corrected chi connectivity index (χ0v) is 14.3. The summed E-state index contributed by atoms with van der Waals surface area (Å²) in [6.07, 6.45) is 2.98. The lowest BCUT2D eigenvalue weighted by molar-refractivity contribution is -0.121. The summed E-state index contributed by atoms with van der Waals surface area (Å²) in [4.78, 5) is 11.8. The Morgan fingerprint density at radius 3 is 2.70 bits per heavy atom. The summed E-state index contributed by atoms with van der Waals surface area (Å²) in [5.41, 5.74) is 1.02. The Morgan fingerprint density at radius 2 is 2.00 bits per heavy atom. The molecule has 1 amide bonds. The highest BCUT2D eigenvalue weighted by Crippen LogP contribution is 2.18. The number of nitrogens with zero attached hydrogens (tertiary/aromatic N) is 1. The van der Waals surface area contributed by atoms with Gasteiger partial charge in [0.2, 0.25) is 5.91 Å². The Morgan fingerprint density at radius 1 is 1.26 bits per heavy atom. The first-order valence-corrected chi connectivity index (χ1v) is 9.50. The highest BCUT2D eigenvalue weighted by atomic mass is 32.2. The van der Waals surface area contributed by atoms with Gasteiger partial charge in [-0.15, -0.1) is 0 Å². The molecule has 1 saturated heterocycles. The molecule has 128 valence electrons. The molecule has 1 aromatic rings. The third-order valence-electron chi connectivity index (χ3n) is 4.02. The van der Waals surface area contributed by atoms with Crippen LogP contribution in [-0.4, -0.2) is 37.8 Å². The van der Waals surface area contributed by atoms with Crippen LogP contribution in [0.5, 0.6) is 0 Å². The van der Waals surface area contributed by atoms with Crippen molar-refractivity contribution in [3.8, 4) is 0 Å². The van der Waals surface area contributed by atoms with E-state index in [-0.39, 0.29) is 24.9 Å². The summed E-state index contributed by atoms with van der Waals surface area (Å²) in [5.74, 6) is -0.164. The molecule has 0 aliphatic carbocycles. The van der Waals surface area contributed by atoms with Gasteiger partial charge in [-0.2, -0.15) is 12.7 Å². The second-order valence-electron chi connectivity index (χ2n) is 5.87. The maximum atomic E-state index is 12.2. The van der Waals surface area contributed by atoms with Gasteiger partial charge in [-0.3, -0.25) is 4.79 Å². The molecule has 6 nitrogen and oxygen atoms in total. The van der Waals surface area contributed by atoms with Gasteiger partial charge < -0.3 is 5.32 Å². The molecule has 23 heavy (non-hydrogen) atoms. The molecule has 1 fully saturated rings. The van der Waals surface area contributed by atoms with E-state index in [2.05, 4.69) is 10.0 Å². The van der Waals surface area contributed by atoms with Crippen LogP contribution >= 0.6 is 0 Å². The van der Waals surface area contributed by atoms with Gasteiger partial charge in [0.05, 0.1) is 0 Å². The Balaban J connectivity index is 1.72. The number of piperidine rings is 1. The lowest BCUT2D eigenvalue weighted by Crippen LogP contribution is -2.48. The van der Waals surface area contributed by atoms with E-state index in [0.717, 1.165) is 24.8 Å².